The zero-order valence-corrected chi connectivity index (χ0v) is 13.4. The van der Waals surface area contributed by atoms with E-state index in [0.717, 1.165) is 44.8 Å². The van der Waals surface area contributed by atoms with E-state index in [2.05, 4.69) is 18.9 Å². The predicted molar refractivity (Wildman–Crippen MR) is 83.4 cm³/mol. The van der Waals surface area contributed by atoms with E-state index in [4.69, 9.17) is 5.73 Å². The fourth-order valence-corrected chi connectivity index (χ4v) is 3.19. The van der Waals surface area contributed by atoms with Gasteiger partial charge in [-0.05, 0) is 50.8 Å². The molecule has 0 aromatic heterocycles. The van der Waals surface area contributed by atoms with E-state index in [1.165, 1.54) is 6.42 Å². The van der Waals surface area contributed by atoms with E-state index in [0.29, 0.717) is 5.92 Å². The smallest absolute Gasteiger partial charge is 0.239 e. The van der Waals surface area contributed by atoms with Crippen molar-refractivity contribution in [2.24, 2.45) is 11.7 Å². The number of rotatable bonds is 8. The van der Waals surface area contributed by atoms with Crippen LogP contribution < -0.4 is 5.73 Å². The quantitative estimate of drug-likeness (QED) is 0.730. The summed E-state index contributed by atoms with van der Waals surface area (Å²) in [6.07, 6.45) is 5.14. The molecule has 1 amide bonds. The van der Waals surface area contributed by atoms with Crippen molar-refractivity contribution in [1.82, 2.24) is 9.80 Å². The molecule has 0 spiro atoms. The number of hydrogen-bond acceptors (Lipinski definition) is 4. The maximum atomic E-state index is 12.2. The van der Waals surface area contributed by atoms with Crippen molar-refractivity contribution in [2.75, 3.05) is 45.2 Å². The summed E-state index contributed by atoms with van der Waals surface area (Å²) in [6.45, 7) is 6.21. The molecule has 1 aliphatic rings. The highest BCUT2D eigenvalue weighted by atomic mass is 32.2. The molecule has 1 aliphatic heterocycles. The van der Waals surface area contributed by atoms with Crippen LogP contribution in [0.5, 0.6) is 0 Å². The van der Waals surface area contributed by atoms with Gasteiger partial charge < -0.3 is 15.5 Å². The lowest BCUT2D eigenvalue weighted by Gasteiger charge is -2.22. The van der Waals surface area contributed by atoms with Crippen LogP contribution in [0.15, 0.2) is 0 Å². The minimum Gasteiger partial charge on any atom is -0.341 e. The number of thioether (sulfide) groups is 1. The molecule has 112 valence electrons. The van der Waals surface area contributed by atoms with Crippen LogP contribution in [0.3, 0.4) is 0 Å². The second-order valence-corrected chi connectivity index (χ2v) is 6.57. The monoisotopic (exact) mass is 287 g/mol. The van der Waals surface area contributed by atoms with Crippen molar-refractivity contribution in [1.29, 1.82) is 0 Å². The summed E-state index contributed by atoms with van der Waals surface area (Å²) in [4.78, 5) is 16.5. The topological polar surface area (TPSA) is 49.6 Å². The van der Waals surface area contributed by atoms with Crippen molar-refractivity contribution in [3.63, 3.8) is 0 Å². The number of likely N-dealkylation sites (tertiary alicyclic amines) is 1. The van der Waals surface area contributed by atoms with Gasteiger partial charge in [-0.25, -0.2) is 0 Å². The minimum atomic E-state index is -0.306. The molecule has 0 saturated carbocycles. The molecule has 1 rings (SSSR count). The third kappa shape index (κ3) is 5.71. The Bertz CT molecular complexity index is 275. The molecule has 2 N–H and O–H groups in total. The van der Waals surface area contributed by atoms with Crippen molar-refractivity contribution in [3.05, 3.63) is 0 Å². The van der Waals surface area contributed by atoms with Gasteiger partial charge in [-0.15, -0.1) is 0 Å². The van der Waals surface area contributed by atoms with E-state index in [-0.39, 0.29) is 11.9 Å². The lowest BCUT2D eigenvalue weighted by atomic mass is 10.1. The number of nitrogens with zero attached hydrogens (tertiary/aromatic N) is 2. The summed E-state index contributed by atoms with van der Waals surface area (Å²) in [5.41, 5.74) is 5.96. The Labute approximate surface area is 122 Å². The normalized spacial score (nSPS) is 21.1. The van der Waals surface area contributed by atoms with E-state index in [1.54, 1.807) is 11.8 Å². The van der Waals surface area contributed by atoms with Crippen LogP contribution >= 0.6 is 11.8 Å². The largest absolute Gasteiger partial charge is 0.341 e. The standard InChI is InChI=1S/C14H29N3OS/c1-4-7-16(2)10-12-5-8-17(11-12)14(18)13(15)6-9-19-3/h12-13H,4-11,15H2,1-3H3/t12?,13-/m0/s1. The van der Waals surface area contributed by atoms with Gasteiger partial charge in [0.15, 0.2) is 0 Å². The number of nitrogens with two attached hydrogens (primary N) is 1. The first kappa shape index (κ1) is 16.8. The number of carbonyl (C=O) groups is 1. The molecule has 5 heteroatoms. The van der Waals surface area contributed by atoms with Gasteiger partial charge in [0.2, 0.25) is 5.91 Å². The summed E-state index contributed by atoms with van der Waals surface area (Å²) in [6, 6.07) is -0.306. The summed E-state index contributed by atoms with van der Waals surface area (Å²) in [7, 11) is 2.16. The average molecular weight is 287 g/mol. The highest BCUT2D eigenvalue weighted by Gasteiger charge is 2.29. The summed E-state index contributed by atoms with van der Waals surface area (Å²) >= 11 is 1.75. The van der Waals surface area contributed by atoms with Gasteiger partial charge in [-0.3, -0.25) is 4.79 Å². The fraction of sp³-hybridized carbons (Fsp3) is 0.929. The highest BCUT2D eigenvalue weighted by Crippen LogP contribution is 2.18. The van der Waals surface area contributed by atoms with Crippen LogP contribution in [-0.2, 0) is 4.79 Å². The van der Waals surface area contributed by atoms with Gasteiger partial charge >= 0.3 is 0 Å². The Hall–Kier alpha value is -0.260. The van der Waals surface area contributed by atoms with Gasteiger partial charge in [0.1, 0.15) is 0 Å². The molecule has 0 aromatic rings. The second-order valence-electron chi connectivity index (χ2n) is 5.59. The molecular weight excluding hydrogens is 258 g/mol. The molecule has 1 heterocycles. The third-order valence-electron chi connectivity index (χ3n) is 3.72. The van der Waals surface area contributed by atoms with Crippen molar-refractivity contribution < 1.29 is 4.79 Å². The molecule has 2 atom stereocenters. The molecule has 0 radical (unpaired) electrons. The third-order valence-corrected chi connectivity index (χ3v) is 4.37. The Morgan fingerprint density at radius 2 is 2.32 bits per heavy atom. The minimum absolute atomic E-state index is 0.148. The number of hydrogen-bond donors (Lipinski definition) is 1. The predicted octanol–water partition coefficient (Wildman–Crippen LogP) is 1.26. The van der Waals surface area contributed by atoms with Gasteiger partial charge in [-0.2, -0.15) is 11.8 Å². The summed E-state index contributed by atoms with van der Waals surface area (Å²) in [5, 5.41) is 0. The van der Waals surface area contributed by atoms with Crippen LogP contribution in [0.4, 0.5) is 0 Å². The molecule has 1 saturated heterocycles. The van der Waals surface area contributed by atoms with Gasteiger partial charge in [0.05, 0.1) is 6.04 Å². The SMILES string of the molecule is CCCN(C)CC1CCN(C(=O)[C@@H](N)CCSC)C1. The van der Waals surface area contributed by atoms with Crippen molar-refractivity contribution in [3.8, 4) is 0 Å². The maximum Gasteiger partial charge on any atom is 0.239 e. The molecule has 1 unspecified atom stereocenters. The van der Waals surface area contributed by atoms with Gasteiger partial charge in [0, 0.05) is 19.6 Å². The van der Waals surface area contributed by atoms with Gasteiger partial charge in [0.25, 0.3) is 0 Å². The first-order valence-electron chi connectivity index (χ1n) is 7.30. The lowest BCUT2D eigenvalue weighted by Crippen LogP contribution is -2.43. The van der Waals surface area contributed by atoms with E-state index in [9.17, 15) is 4.79 Å². The first-order valence-corrected chi connectivity index (χ1v) is 8.69. The summed E-state index contributed by atoms with van der Waals surface area (Å²) < 4.78 is 0. The molecule has 4 nitrogen and oxygen atoms in total. The first-order chi connectivity index (χ1) is 9.08. The summed E-state index contributed by atoms with van der Waals surface area (Å²) in [5.74, 6) is 1.73. The Kier molecular flexibility index (Phi) is 7.80. The van der Waals surface area contributed by atoms with Crippen LogP contribution in [-0.4, -0.2) is 67.0 Å². The lowest BCUT2D eigenvalue weighted by molar-refractivity contribution is -0.131. The average Bonchev–Trinajstić information content (AvgIpc) is 2.83. The van der Waals surface area contributed by atoms with Crippen LogP contribution in [0, 0.1) is 5.92 Å². The Balaban J connectivity index is 2.32. The van der Waals surface area contributed by atoms with Crippen molar-refractivity contribution in [2.45, 2.75) is 32.2 Å². The maximum absolute atomic E-state index is 12.2. The van der Waals surface area contributed by atoms with Gasteiger partial charge in [-0.1, -0.05) is 6.92 Å². The van der Waals surface area contributed by atoms with E-state index in [1.807, 2.05) is 11.2 Å². The zero-order valence-electron chi connectivity index (χ0n) is 12.6. The van der Waals surface area contributed by atoms with Crippen LogP contribution in [0.25, 0.3) is 0 Å². The Morgan fingerprint density at radius 3 is 2.95 bits per heavy atom. The van der Waals surface area contributed by atoms with E-state index < -0.39 is 0 Å². The molecular formula is C14H29N3OS. The highest BCUT2D eigenvalue weighted by molar-refractivity contribution is 7.98. The number of carbonyl (C=O) groups excluding carboxylic acids is 1. The number of amides is 1. The second kappa shape index (κ2) is 8.82. The van der Waals surface area contributed by atoms with Crippen LogP contribution in [0.2, 0.25) is 0 Å². The Morgan fingerprint density at radius 1 is 1.58 bits per heavy atom. The molecule has 1 fully saturated rings. The molecule has 0 bridgehead atoms. The van der Waals surface area contributed by atoms with E-state index >= 15 is 0 Å². The fourth-order valence-electron chi connectivity index (χ4n) is 2.70. The van der Waals surface area contributed by atoms with Crippen LogP contribution in [0.1, 0.15) is 26.2 Å². The van der Waals surface area contributed by atoms with Crippen molar-refractivity contribution >= 4 is 17.7 Å². The zero-order chi connectivity index (χ0) is 14.3. The molecule has 0 aromatic carbocycles. The molecule has 19 heavy (non-hydrogen) atoms. The molecule has 0 aliphatic carbocycles.